The average molecular weight is 1060 g/mol. The lowest BCUT2D eigenvalue weighted by atomic mass is 9.77. The molecule has 1 atom stereocenters. The predicted octanol–water partition coefficient (Wildman–Crippen LogP) is 16.8. The Bertz CT molecular complexity index is 3800. The molecule has 11 heteroatoms. The van der Waals surface area contributed by atoms with Crippen LogP contribution in [0.15, 0.2) is 173 Å². The van der Waals surface area contributed by atoms with Gasteiger partial charge in [0.05, 0.1) is 36.7 Å². The van der Waals surface area contributed by atoms with Gasteiger partial charge in [-0.3, -0.25) is 4.79 Å². The number of nitrogens with one attached hydrogen (secondary N) is 1. The van der Waals surface area contributed by atoms with E-state index in [4.69, 9.17) is 18.6 Å². The van der Waals surface area contributed by atoms with Crippen LogP contribution in [0, 0.1) is 5.92 Å². The molecular weight excluding hydrogens is 998 g/mol. The van der Waals surface area contributed by atoms with Crippen LogP contribution in [0.5, 0.6) is 11.5 Å². The van der Waals surface area contributed by atoms with Crippen LogP contribution in [0.1, 0.15) is 102 Å². The number of ether oxygens (including phenoxy) is 3. The molecule has 0 radical (unpaired) electrons. The van der Waals surface area contributed by atoms with Gasteiger partial charge in [0.15, 0.2) is 11.2 Å². The maximum Gasteiger partial charge on any atom is 0.417 e. The minimum Gasteiger partial charge on any atom is -0.497 e. The highest BCUT2D eigenvalue weighted by molar-refractivity contribution is 6.23. The molecule has 1 saturated carbocycles. The Morgan fingerprint density at radius 2 is 1.39 bits per heavy atom. The summed E-state index contributed by atoms with van der Waals surface area (Å²) in [5.74, 6) is 1.94. The van der Waals surface area contributed by atoms with Gasteiger partial charge in [0.1, 0.15) is 11.5 Å². The van der Waals surface area contributed by atoms with Crippen molar-refractivity contribution in [2.45, 2.75) is 76.0 Å². The zero-order chi connectivity index (χ0) is 54.3. The van der Waals surface area contributed by atoms with E-state index in [-0.39, 0.29) is 27.8 Å². The summed E-state index contributed by atoms with van der Waals surface area (Å²) in [4.78, 5) is 30.1. The Hall–Kier alpha value is -8.15. The van der Waals surface area contributed by atoms with Crippen LogP contribution in [0.4, 0.5) is 24.5 Å². The number of hydrogen-bond acceptors (Lipinski definition) is 7. The molecule has 3 aliphatic rings. The first-order chi connectivity index (χ1) is 38.5. The molecule has 12 rings (SSSR count). The van der Waals surface area contributed by atoms with E-state index in [9.17, 15) is 9.59 Å². The van der Waals surface area contributed by atoms with Crippen molar-refractivity contribution in [2.24, 2.45) is 5.92 Å². The maximum atomic E-state index is 15.6. The standard InChI is InChI=1S/C68H61F3N2O6/c1-3-4-5-9-43-14-16-44(17-15-43)45-18-20-46(21-19-45)47-22-24-48(25-23-47)65(74)72-51-30-35-54(60(42-51)68(69,70)71)55-12-8-13-56-58-36-37-67(50-28-33-53(76-2)34-29-50,49-26-31-52(32-27-49)73-38-40-77-41-39-73)79-63(58)62-57-10-6-7-11-59(57)66(75)78-64(62)61(55)56/h6-8,10-13,18-37,42-44H,3-5,9,14-17,38-41H2,1-2H3,(H,72,74)/t43-,44-,67?. The van der Waals surface area contributed by atoms with E-state index in [0.29, 0.717) is 63.3 Å². The van der Waals surface area contributed by atoms with E-state index >= 15 is 13.2 Å². The number of unbranched alkanes of at least 4 members (excludes halogenated alkanes) is 2. The Morgan fingerprint density at radius 3 is 2.08 bits per heavy atom. The molecule has 0 bridgehead atoms. The van der Waals surface area contributed by atoms with Crippen molar-refractivity contribution in [1.82, 2.24) is 0 Å². The average Bonchev–Trinajstić information content (AvgIpc) is 3.41. The van der Waals surface area contributed by atoms with Crippen molar-refractivity contribution < 1.29 is 36.6 Å². The van der Waals surface area contributed by atoms with E-state index in [1.165, 1.54) is 69.1 Å². The number of carbonyl (C=O) groups excluding carboxylic acids is 1. The summed E-state index contributed by atoms with van der Waals surface area (Å²) in [5.41, 5.74) is 4.12. The molecule has 9 aromatic rings. The summed E-state index contributed by atoms with van der Waals surface area (Å²) < 4.78 is 71.7. The van der Waals surface area contributed by atoms with E-state index in [1.54, 1.807) is 55.6 Å². The number of amides is 1. The molecule has 1 saturated heterocycles. The number of hydrogen-bond donors (Lipinski definition) is 1. The van der Waals surface area contributed by atoms with Crippen LogP contribution in [0.3, 0.4) is 0 Å². The Labute approximate surface area is 457 Å². The van der Waals surface area contributed by atoms with Crippen LogP contribution < -0.4 is 25.3 Å². The summed E-state index contributed by atoms with van der Waals surface area (Å²) in [6.45, 7) is 5.07. The van der Waals surface area contributed by atoms with Gasteiger partial charge < -0.3 is 28.8 Å². The minimum absolute atomic E-state index is 0.0279. The Morgan fingerprint density at radius 1 is 0.722 bits per heavy atom. The summed E-state index contributed by atoms with van der Waals surface area (Å²) in [7, 11) is 1.61. The van der Waals surface area contributed by atoms with Gasteiger partial charge in [0, 0.05) is 57.5 Å². The van der Waals surface area contributed by atoms with Crippen molar-refractivity contribution in [1.29, 1.82) is 0 Å². The molecule has 1 unspecified atom stereocenters. The summed E-state index contributed by atoms with van der Waals surface area (Å²) >= 11 is 0. The number of morpholine rings is 1. The minimum atomic E-state index is -4.86. The van der Waals surface area contributed by atoms with E-state index in [1.807, 2.05) is 66.7 Å². The van der Waals surface area contributed by atoms with Gasteiger partial charge in [0.2, 0.25) is 0 Å². The Balaban J connectivity index is 0.887. The number of methoxy groups -OCH3 is 1. The SMILES string of the molecule is CCCCC[C@H]1CC[C@H](c2ccc(-c3ccc(C(=O)Nc4ccc(-c5cccc6c7c(c8c9ccccc9c(=O)oc8c56)OC(c5ccc(OC)cc5)(c5ccc(N6CCOCC6)cc5)C=C7)c(C(F)(F)F)c4)cc3)cc2)CC1. The number of nitrogens with zero attached hydrogens (tertiary/aromatic N) is 1. The molecule has 79 heavy (non-hydrogen) atoms. The van der Waals surface area contributed by atoms with Crippen LogP contribution in [-0.2, 0) is 16.5 Å². The summed E-state index contributed by atoms with van der Waals surface area (Å²) in [5, 5.41) is 4.78. The van der Waals surface area contributed by atoms with Gasteiger partial charge in [0.25, 0.3) is 5.91 Å². The second kappa shape index (κ2) is 21.6. The highest BCUT2D eigenvalue weighted by Crippen LogP contribution is 2.52. The smallest absolute Gasteiger partial charge is 0.417 e. The lowest BCUT2D eigenvalue weighted by Crippen LogP contribution is -2.36. The monoisotopic (exact) mass is 1060 g/mol. The Kier molecular flexibility index (Phi) is 14.1. The summed E-state index contributed by atoms with van der Waals surface area (Å²) in [6, 6.07) is 47.6. The molecule has 1 aliphatic carbocycles. The topological polar surface area (TPSA) is 90.2 Å². The van der Waals surface area contributed by atoms with Crippen molar-refractivity contribution in [3.63, 3.8) is 0 Å². The van der Waals surface area contributed by atoms with Crippen molar-refractivity contribution in [3.05, 3.63) is 208 Å². The second-order valence-corrected chi connectivity index (χ2v) is 21.3. The highest BCUT2D eigenvalue weighted by Gasteiger charge is 2.41. The number of halogens is 3. The fraction of sp³-hybridized carbons (Fsp3) is 0.265. The fourth-order valence-corrected chi connectivity index (χ4v) is 12.4. The van der Waals surface area contributed by atoms with Gasteiger partial charge in [-0.2, -0.15) is 13.2 Å². The number of carbonyl (C=O) groups is 1. The van der Waals surface area contributed by atoms with Crippen molar-refractivity contribution >= 4 is 55.9 Å². The molecular formula is C68H61F3N2O6. The molecule has 0 spiro atoms. The zero-order valence-electron chi connectivity index (χ0n) is 44.3. The first-order valence-corrected chi connectivity index (χ1v) is 27.6. The molecule has 1 aromatic heterocycles. The quantitative estimate of drug-likeness (QED) is 0.0699. The first kappa shape index (κ1) is 51.6. The lowest BCUT2D eigenvalue weighted by Gasteiger charge is -2.37. The molecule has 8 nitrogen and oxygen atoms in total. The van der Waals surface area contributed by atoms with Gasteiger partial charge in [-0.05, 0) is 137 Å². The van der Waals surface area contributed by atoms with Crippen LogP contribution in [0.25, 0.3) is 60.8 Å². The fourth-order valence-electron chi connectivity index (χ4n) is 12.4. The molecule has 3 heterocycles. The first-order valence-electron chi connectivity index (χ1n) is 27.6. The van der Waals surface area contributed by atoms with E-state index in [2.05, 4.69) is 53.5 Å². The van der Waals surface area contributed by atoms with Crippen LogP contribution in [0.2, 0.25) is 0 Å². The third kappa shape index (κ3) is 9.94. The van der Waals surface area contributed by atoms with Gasteiger partial charge >= 0.3 is 11.8 Å². The van der Waals surface area contributed by atoms with Crippen LogP contribution >= 0.6 is 0 Å². The number of benzene rings is 8. The molecule has 400 valence electrons. The predicted molar refractivity (Wildman–Crippen MR) is 310 cm³/mol. The van der Waals surface area contributed by atoms with Crippen molar-refractivity contribution in [3.8, 4) is 33.8 Å². The van der Waals surface area contributed by atoms with Gasteiger partial charge in [-0.1, -0.05) is 136 Å². The van der Waals surface area contributed by atoms with Gasteiger partial charge in [-0.15, -0.1) is 0 Å². The van der Waals surface area contributed by atoms with E-state index < -0.39 is 28.9 Å². The second-order valence-electron chi connectivity index (χ2n) is 21.3. The molecule has 8 aromatic carbocycles. The summed E-state index contributed by atoms with van der Waals surface area (Å²) in [6.07, 6.45) is 9.36. The molecule has 2 aliphatic heterocycles. The number of rotatable bonds is 13. The largest absolute Gasteiger partial charge is 0.497 e. The maximum absolute atomic E-state index is 15.6. The number of anilines is 2. The van der Waals surface area contributed by atoms with Gasteiger partial charge in [-0.25, -0.2) is 4.79 Å². The lowest BCUT2D eigenvalue weighted by molar-refractivity contribution is -0.137. The van der Waals surface area contributed by atoms with Crippen LogP contribution in [-0.4, -0.2) is 39.3 Å². The molecule has 2 fully saturated rings. The number of alkyl halides is 3. The third-order valence-electron chi connectivity index (χ3n) is 16.6. The molecule has 1 amide bonds. The zero-order valence-corrected chi connectivity index (χ0v) is 44.3. The third-order valence-corrected chi connectivity index (χ3v) is 16.6. The number of fused-ring (bicyclic) bond motifs is 8. The highest BCUT2D eigenvalue weighted by atomic mass is 19.4. The molecule has 1 N–H and O–H groups in total. The van der Waals surface area contributed by atoms with E-state index in [0.717, 1.165) is 53.0 Å². The van der Waals surface area contributed by atoms with Crippen molar-refractivity contribution in [2.75, 3.05) is 43.6 Å². The normalized spacial score (nSPS) is 18.4.